The molecule has 0 aliphatic heterocycles. The monoisotopic (exact) mass is 253 g/mol. The van der Waals surface area contributed by atoms with Gasteiger partial charge in [-0.2, -0.15) is 13.2 Å². The molecule has 0 fully saturated rings. The maximum Gasteiger partial charge on any atom is 0.417 e. The number of carbonyl (C=O) groups excluding carboxylic acids is 1. The third kappa shape index (κ3) is 2.63. The molecular weight excluding hydrogens is 247 g/mol. The van der Waals surface area contributed by atoms with Crippen LogP contribution in [0, 0.1) is 0 Å². The number of ether oxygens (including phenoxy) is 1. The maximum atomic E-state index is 12.5. The number of aromatic nitrogens is 1. The number of pyridine rings is 1. The quantitative estimate of drug-likeness (QED) is 0.601. The van der Waals surface area contributed by atoms with Crippen molar-refractivity contribution in [1.29, 1.82) is 0 Å². The zero-order valence-corrected chi connectivity index (χ0v) is 8.89. The van der Waals surface area contributed by atoms with E-state index in [0.717, 1.165) is 6.20 Å². The van der Waals surface area contributed by atoms with Gasteiger partial charge in [0.1, 0.15) is 10.7 Å². The van der Waals surface area contributed by atoms with E-state index < -0.39 is 28.4 Å². The Balaban J connectivity index is 3.30. The summed E-state index contributed by atoms with van der Waals surface area (Å²) in [5.74, 6) is -1.13. The molecule has 3 nitrogen and oxygen atoms in total. The first-order valence-electron chi connectivity index (χ1n) is 4.26. The molecule has 0 saturated carbocycles. The smallest absolute Gasteiger partial charge is 0.417 e. The highest BCUT2D eigenvalue weighted by atomic mass is 35.5. The summed E-state index contributed by atoms with van der Waals surface area (Å²) in [6, 6.07) is 0.679. The van der Waals surface area contributed by atoms with Crippen molar-refractivity contribution >= 4 is 17.6 Å². The van der Waals surface area contributed by atoms with Gasteiger partial charge in [0, 0.05) is 6.20 Å². The van der Waals surface area contributed by atoms with Gasteiger partial charge in [-0.25, -0.2) is 9.78 Å². The molecule has 0 saturated heterocycles. The van der Waals surface area contributed by atoms with Gasteiger partial charge in [0.25, 0.3) is 0 Å². The molecule has 0 spiro atoms. The Labute approximate surface area is 94.2 Å². The zero-order valence-electron chi connectivity index (χ0n) is 8.14. The number of rotatable bonds is 2. The van der Waals surface area contributed by atoms with Gasteiger partial charge in [0.15, 0.2) is 0 Å². The Bertz CT molecular complexity index is 406. The summed E-state index contributed by atoms with van der Waals surface area (Å²) in [7, 11) is 0. The van der Waals surface area contributed by atoms with Crippen molar-refractivity contribution in [2.45, 2.75) is 13.1 Å². The fraction of sp³-hybridized carbons (Fsp3) is 0.333. The molecule has 0 aliphatic rings. The van der Waals surface area contributed by atoms with Gasteiger partial charge in [-0.1, -0.05) is 11.6 Å². The van der Waals surface area contributed by atoms with Crippen LogP contribution < -0.4 is 0 Å². The summed E-state index contributed by atoms with van der Waals surface area (Å²) < 4.78 is 42.1. The summed E-state index contributed by atoms with van der Waals surface area (Å²) in [6.45, 7) is 1.44. The predicted octanol–water partition coefficient (Wildman–Crippen LogP) is 2.93. The minimum atomic E-state index is -4.67. The topological polar surface area (TPSA) is 39.2 Å². The molecule has 1 aromatic heterocycles. The van der Waals surface area contributed by atoms with Crippen LogP contribution in [-0.4, -0.2) is 17.6 Å². The van der Waals surface area contributed by atoms with Crippen LogP contribution in [0.5, 0.6) is 0 Å². The molecule has 0 unspecified atom stereocenters. The van der Waals surface area contributed by atoms with E-state index in [1.807, 2.05) is 0 Å². The van der Waals surface area contributed by atoms with Crippen LogP contribution in [0.3, 0.4) is 0 Å². The minimum Gasteiger partial charge on any atom is -0.462 e. The molecular formula is C9H7ClF3NO2. The number of nitrogens with zero attached hydrogens (tertiary/aromatic N) is 1. The largest absolute Gasteiger partial charge is 0.462 e. The van der Waals surface area contributed by atoms with E-state index in [1.165, 1.54) is 6.92 Å². The minimum absolute atomic E-state index is 0.0403. The molecule has 0 amide bonds. The molecule has 88 valence electrons. The lowest BCUT2D eigenvalue weighted by molar-refractivity contribution is -0.138. The average molecular weight is 254 g/mol. The van der Waals surface area contributed by atoms with E-state index in [-0.39, 0.29) is 6.61 Å². The summed E-state index contributed by atoms with van der Waals surface area (Å²) >= 11 is 5.45. The van der Waals surface area contributed by atoms with Crippen molar-refractivity contribution in [1.82, 2.24) is 4.98 Å². The Morgan fingerprint density at radius 1 is 1.56 bits per heavy atom. The number of esters is 1. The van der Waals surface area contributed by atoms with E-state index in [1.54, 1.807) is 0 Å². The maximum absolute atomic E-state index is 12.5. The lowest BCUT2D eigenvalue weighted by Crippen LogP contribution is -2.16. The van der Waals surface area contributed by atoms with E-state index in [4.69, 9.17) is 11.6 Å². The van der Waals surface area contributed by atoms with Crippen LogP contribution in [0.15, 0.2) is 12.3 Å². The molecule has 0 N–H and O–H groups in total. The van der Waals surface area contributed by atoms with E-state index in [2.05, 4.69) is 9.72 Å². The van der Waals surface area contributed by atoms with Gasteiger partial charge in [-0.15, -0.1) is 0 Å². The van der Waals surface area contributed by atoms with E-state index >= 15 is 0 Å². The Morgan fingerprint density at radius 2 is 2.19 bits per heavy atom. The average Bonchev–Trinajstić information content (AvgIpc) is 2.16. The molecule has 0 aromatic carbocycles. The van der Waals surface area contributed by atoms with E-state index in [9.17, 15) is 18.0 Å². The van der Waals surface area contributed by atoms with Crippen molar-refractivity contribution in [2.24, 2.45) is 0 Å². The Kier molecular flexibility index (Phi) is 3.74. The highest BCUT2D eigenvalue weighted by Gasteiger charge is 2.37. The molecule has 16 heavy (non-hydrogen) atoms. The number of hydrogen-bond donors (Lipinski definition) is 0. The van der Waals surface area contributed by atoms with Crippen molar-refractivity contribution in [3.05, 3.63) is 28.5 Å². The fourth-order valence-electron chi connectivity index (χ4n) is 1.07. The van der Waals surface area contributed by atoms with Gasteiger partial charge < -0.3 is 4.74 Å². The summed E-state index contributed by atoms with van der Waals surface area (Å²) in [5.41, 5.74) is -1.90. The highest BCUT2D eigenvalue weighted by molar-refractivity contribution is 6.32. The predicted molar refractivity (Wildman–Crippen MR) is 50.2 cm³/mol. The van der Waals surface area contributed by atoms with Crippen LogP contribution >= 0.6 is 11.6 Å². The molecule has 0 bridgehead atoms. The molecule has 0 atom stereocenters. The standard InChI is InChI=1S/C9H7ClF3NO2/c1-2-16-8(15)6-5(9(11,12)13)3-4-14-7(6)10/h3-4H,2H2,1H3. The van der Waals surface area contributed by atoms with Gasteiger partial charge in [-0.3, -0.25) is 0 Å². The molecule has 1 heterocycles. The first kappa shape index (κ1) is 12.8. The van der Waals surface area contributed by atoms with Crippen molar-refractivity contribution in [3.63, 3.8) is 0 Å². The molecule has 1 aromatic rings. The van der Waals surface area contributed by atoms with Crippen LogP contribution in [0.25, 0.3) is 0 Å². The summed E-state index contributed by atoms with van der Waals surface area (Å²) in [6.07, 6.45) is -3.79. The molecule has 0 aliphatic carbocycles. The van der Waals surface area contributed by atoms with Crippen LogP contribution in [0.1, 0.15) is 22.8 Å². The molecule has 0 radical (unpaired) electrons. The van der Waals surface area contributed by atoms with Gasteiger partial charge in [-0.05, 0) is 13.0 Å². The number of carbonyl (C=O) groups is 1. The van der Waals surface area contributed by atoms with Gasteiger partial charge in [0.2, 0.25) is 0 Å². The Morgan fingerprint density at radius 3 is 2.69 bits per heavy atom. The summed E-state index contributed by atoms with van der Waals surface area (Å²) in [4.78, 5) is 14.7. The summed E-state index contributed by atoms with van der Waals surface area (Å²) in [5, 5.41) is -0.520. The SMILES string of the molecule is CCOC(=O)c1c(C(F)(F)F)ccnc1Cl. The fourth-order valence-corrected chi connectivity index (χ4v) is 1.31. The third-order valence-corrected chi connectivity index (χ3v) is 1.98. The van der Waals surface area contributed by atoms with E-state index in [0.29, 0.717) is 6.07 Å². The molecule has 7 heteroatoms. The van der Waals surface area contributed by atoms with Crippen LogP contribution in [0.4, 0.5) is 13.2 Å². The lowest BCUT2D eigenvalue weighted by Gasteiger charge is -2.12. The van der Waals surface area contributed by atoms with Crippen LogP contribution in [-0.2, 0) is 10.9 Å². The first-order chi connectivity index (χ1) is 7.38. The second-order valence-corrected chi connectivity index (χ2v) is 3.10. The first-order valence-corrected chi connectivity index (χ1v) is 4.64. The normalized spacial score (nSPS) is 11.3. The zero-order chi connectivity index (χ0) is 12.3. The highest BCUT2D eigenvalue weighted by Crippen LogP contribution is 2.34. The molecule has 1 rings (SSSR count). The third-order valence-electron chi connectivity index (χ3n) is 1.69. The van der Waals surface area contributed by atoms with Gasteiger partial charge >= 0.3 is 12.1 Å². The Hall–Kier alpha value is -1.30. The van der Waals surface area contributed by atoms with Gasteiger partial charge in [0.05, 0.1) is 12.2 Å². The van der Waals surface area contributed by atoms with Crippen LogP contribution in [0.2, 0.25) is 5.15 Å². The van der Waals surface area contributed by atoms with Crippen molar-refractivity contribution in [3.8, 4) is 0 Å². The lowest BCUT2D eigenvalue weighted by atomic mass is 10.1. The number of halogens is 4. The number of hydrogen-bond acceptors (Lipinski definition) is 3. The second kappa shape index (κ2) is 4.69. The number of alkyl halides is 3. The van der Waals surface area contributed by atoms with Crippen molar-refractivity contribution in [2.75, 3.05) is 6.61 Å². The van der Waals surface area contributed by atoms with Crippen molar-refractivity contribution < 1.29 is 22.7 Å². The second-order valence-electron chi connectivity index (χ2n) is 2.74.